The van der Waals surface area contributed by atoms with Gasteiger partial charge in [0.25, 0.3) is 0 Å². The topological polar surface area (TPSA) is 181 Å². The van der Waals surface area contributed by atoms with Gasteiger partial charge in [0.05, 0.1) is 39.2 Å². The van der Waals surface area contributed by atoms with Gasteiger partial charge in [0.1, 0.15) is 12.1 Å². The van der Waals surface area contributed by atoms with E-state index < -0.39 is 10.8 Å². The molecule has 0 aliphatic carbocycles. The second kappa shape index (κ2) is 24.4. The van der Waals surface area contributed by atoms with Crippen molar-refractivity contribution in [2.24, 2.45) is 11.5 Å². The summed E-state index contributed by atoms with van der Waals surface area (Å²) >= 11 is 3.21. The molecule has 2 aliphatic rings. The van der Waals surface area contributed by atoms with E-state index in [9.17, 15) is 14.0 Å². The van der Waals surface area contributed by atoms with Gasteiger partial charge >= 0.3 is 51.4 Å². The van der Waals surface area contributed by atoms with Gasteiger partial charge < -0.3 is 31.4 Å². The number of aromatic nitrogens is 4. The molecule has 2 amide bonds. The summed E-state index contributed by atoms with van der Waals surface area (Å²) in [6.07, 6.45) is 6.02. The zero-order valence-corrected chi connectivity index (χ0v) is 40.7. The van der Waals surface area contributed by atoms with Crippen LogP contribution in [0.15, 0.2) is 178 Å². The molecule has 11 nitrogen and oxygen atoms in total. The van der Waals surface area contributed by atoms with Crippen molar-refractivity contribution in [1.82, 2.24) is 19.5 Å². The summed E-state index contributed by atoms with van der Waals surface area (Å²) in [5.74, 6) is -0.822. The van der Waals surface area contributed by atoms with Crippen LogP contribution in [-0.2, 0) is 29.9 Å². The maximum Gasteiger partial charge on any atom is 1.00 e. The molecule has 0 atom stereocenters. The number of amides is 2. The van der Waals surface area contributed by atoms with Crippen LogP contribution < -0.4 is 62.9 Å². The van der Waals surface area contributed by atoms with Crippen molar-refractivity contribution in [3.63, 3.8) is 0 Å². The van der Waals surface area contributed by atoms with Crippen molar-refractivity contribution in [2.45, 2.75) is 63.5 Å². The van der Waals surface area contributed by atoms with E-state index >= 15 is 0 Å². The molecule has 15 heteroatoms. The van der Waals surface area contributed by atoms with E-state index in [1.165, 1.54) is 23.9 Å². The van der Waals surface area contributed by atoms with Gasteiger partial charge in [0, 0.05) is 51.7 Å². The first-order chi connectivity index (χ1) is 30.7. The molecule has 10 rings (SSSR count). The van der Waals surface area contributed by atoms with E-state index in [0.717, 1.165) is 58.5 Å². The number of nitrogens with two attached hydrogens (primary N) is 2. The molecule has 2 aliphatic heterocycles. The molecule has 2 aromatic heterocycles. The molecule has 0 radical (unpaired) electrons. The Labute approximate surface area is 435 Å². The molecule has 0 spiro atoms. The second-order valence-electron chi connectivity index (χ2n) is 15.3. The Hall–Kier alpha value is -4.65. The fourth-order valence-electron chi connectivity index (χ4n) is 8.00. The number of carbonyl (C=O) groups excluding carboxylic acids is 2. The number of halogens is 1. The number of carbonyl (C=O) groups is 2. The number of benzene rings is 6. The maximum atomic E-state index is 13.0. The SMILES string of the molecule is C.NC(=O)C1(c2cccc(Sc3ccc(-n4cnc5ccccc54)cc3)c2)CCOCC1.NC(=O)C1(c2cccc(Sc3ccc(F)cc3)c2)CCOCC1.[K+].[OH-].c1ccc2[nH]cnc2c1. The van der Waals surface area contributed by atoms with Gasteiger partial charge in [-0.15, -0.1) is 0 Å². The fourth-order valence-corrected chi connectivity index (χ4v) is 9.76. The van der Waals surface area contributed by atoms with E-state index in [1.54, 1.807) is 30.2 Å². The van der Waals surface area contributed by atoms with Crippen molar-refractivity contribution >= 4 is 57.4 Å². The van der Waals surface area contributed by atoms with Crippen LogP contribution in [0, 0.1) is 5.82 Å². The molecule has 0 bridgehead atoms. The van der Waals surface area contributed by atoms with Crippen molar-refractivity contribution < 1.29 is 80.3 Å². The van der Waals surface area contributed by atoms with Crippen molar-refractivity contribution in [3.05, 3.63) is 175 Å². The average Bonchev–Trinajstić information content (AvgIpc) is 3.99. The van der Waals surface area contributed by atoms with Gasteiger partial charge in [-0.2, -0.15) is 0 Å². The van der Waals surface area contributed by atoms with Crippen molar-refractivity contribution in [1.29, 1.82) is 0 Å². The number of primary amides is 2. The number of H-pyrrole nitrogens is 1. The number of fused-ring (bicyclic) bond motifs is 2. The van der Waals surface area contributed by atoms with Gasteiger partial charge in [-0.05, 0) is 134 Å². The van der Waals surface area contributed by atoms with Crippen LogP contribution in [0.5, 0.6) is 0 Å². The van der Waals surface area contributed by atoms with Gasteiger partial charge in [-0.25, -0.2) is 14.4 Å². The van der Waals surface area contributed by atoms with E-state index in [2.05, 4.69) is 62.0 Å². The summed E-state index contributed by atoms with van der Waals surface area (Å²) in [5.41, 5.74) is 17.4. The van der Waals surface area contributed by atoms with E-state index in [0.29, 0.717) is 52.1 Å². The van der Waals surface area contributed by atoms with Gasteiger partial charge in [0.2, 0.25) is 11.8 Å². The van der Waals surface area contributed by atoms with E-state index in [4.69, 9.17) is 20.9 Å². The smallest absolute Gasteiger partial charge is 0.870 e. The summed E-state index contributed by atoms with van der Waals surface area (Å²) in [6.45, 7) is 2.20. The zero-order valence-electron chi connectivity index (χ0n) is 35.9. The Kier molecular flexibility index (Phi) is 19.3. The minimum absolute atomic E-state index is 0. The molecule has 8 aromatic rings. The first kappa shape index (κ1) is 52.3. The third-order valence-corrected chi connectivity index (χ3v) is 13.6. The van der Waals surface area contributed by atoms with Gasteiger partial charge in [-0.1, -0.05) is 79.5 Å². The van der Waals surface area contributed by atoms with E-state index in [-0.39, 0.29) is 81.9 Å². The molecule has 6 N–H and O–H groups in total. The monoisotopic (exact) mass is 950 g/mol. The summed E-state index contributed by atoms with van der Waals surface area (Å²) in [4.78, 5) is 40.2. The largest absolute Gasteiger partial charge is 1.00 e. The third kappa shape index (κ3) is 12.3. The molecule has 336 valence electrons. The number of hydrogen-bond donors (Lipinski definition) is 3. The quantitative estimate of drug-likeness (QED) is 0.126. The van der Waals surface area contributed by atoms with Crippen LogP contribution in [0.2, 0.25) is 0 Å². The molecular weight excluding hydrogens is 899 g/mol. The summed E-state index contributed by atoms with van der Waals surface area (Å²) in [6, 6.07) is 46.9. The molecular formula is C51H52FKN6O5S2. The average molecular weight is 951 g/mol. The number of para-hydroxylation sites is 4. The Morgan fingerprint density at radius 2 is 1.09 bits per heavy atom. The zero-order chi connectivity index (χ0) is 43.7. The predicted octanol–water partition coefficient (Wildman–Crippen LogP) is 7.25. The first-order valence-corrected chi connectivity index (χ1v) is 22.3. The Morgan fingerprint density at radius 1 is 0.606 bits per heavy atom. The Bertz CT molecular complexity index is 2780. The number of rotatable bonds is 9. The number of nitrogens with zero attached hydrogens (tertiary/aromatic N) is 3. The summed E-state index contributed by atoms with van der Waals surface area (Å²) < 4.78 is 25.9. The van der Waals surface area contributed by atoms with Crippen molar-refractivity contribution in [3.8, 4) is 5.69 Å². The minimum atomic E-state index is -0.655. The number of hydrogen-bond acceptors (Lipinski definition) is 9. The van der Waals surface area contributed by atoms with Gasteiger partial charge in [-0.3, -0.25) is 14.2 Å². The molecule has 4 heterocycles. The van der Waals surface area contributed by atoms with Crippen LogP contribution in [0.25, 0.3) is 27.8 Å². The Balaban J connectivity index is 0.000000205. The standard InChI is InChI=1S/C25H23N3O2S.C18H18FNO2S.C7H6N2.CH4.K.H2O/c26-24(29)25(12-14-30-15-13-25)18-4-3-5-21(16-18)31-20-10-8-19(9-11-20)28-17-27-22-6-1-2-7-23(22)28;19-14-4-6-15(7-5-14)23-16-3-1-2-13(12-16)18(17(20)21)8-10-22-11-9-18;1-2-4-7-6(3-1)8-5-9-7;;;/h1-11,16-17H,12-15H2,(H2,26,29);1-7,12H,8-11H2,(H2,20,21);1-5H,(H,8,9);1H4;;1H2/q;;;;+1;/p-1. The summed E-state index contributed by atoms with van der Waals surface area (Å²) in [7, 11) is 0. The normalized spacial score (nSPS) is 14.7. The predicted molar refractivity (Wildman–Crippen MR) is 255 cm³/mol. The second-order valence-corrected chi connectivity index (χ2v) is 17.6. The van der Waals surface area contributed by atoms with Gasteiger partial charge in [0.15, 0.2) is 0 Å². The molecule has 0 unspecified atom stereocenters. The van der Waals surface area contributed by atoms with Crippen LogP contribution in [0.4, 0.5) is 4.39 Å². The van der Waals surface area contributed by atoms with Crippen molar-refractivity contribution in [2.75, 3.05) is 26.4 Å². The number of aromatic amines is 1. The van der Waals surface area contributed by atoms with Crippen LogP contribution in [-0.4, -0.2) is 63.2 Å². The molecule has 6 aromatic carbocycles. The molecule has 2 saturated heterocycles. The molecule has 0 saturated carbocycles. The van der Waals surface area contributed by atoms with Crippen LogP contribution >= 0.6 is 23.5 Å². The van der Waals surface area contributed by atoms with Crippen LogP contribution in [0.3, 0.4) is 0 Å². The first-order valence-electron chi connectivity index (χ1n) is 20.7. The molecule has 66 heavy (non-hydrogen) atoms. The fraction of sp³-hybridized carbons (Fsp3) is 0.216. The number of imidazole rings is 2. The number of ether oxygens (including phenoxy) is 2. The Morgan fingerprint density at radius 3 is 1.61 bits per heavy atom. The maximum absolute atomic E-state index is 13.0. The van der Waals surface area contributed by atoms with Crippen LogP contribution in [0.1, 0.15) is 44.2 Å². The van der Waals surface area contributed by atoms with E-state index in [1.807, 2.05) is 85.2 Å². The minimum Gasteiger partial charge on any atom is -0.870 e. The number of nitrogens with one attached hydrogen (secondary N) is 1. The molecule has 2 fully saturated rings. The summed E-state index contributed by atoms with van der Waals surface area (Å²) in [5, 5.41) is 0. The third-order valence-electron chi connectivity index (χ3n) is 11.6.